The Hall–Kier alpha value is -2.13. The van der Waals surface area contributed by atoms with E-state index in [1.54, 1.807) is 0 Å². The zero-order valence-electron chi connectivity index (χ0n) is 13.5. The summed E-state index contributed by atoms with van der Waals surface area (Å²) in [6.07, 6.45) is 3.14. The van der Waals surface area contributed by atoms with Crippen LogP contribution in [-0.2, 0) is 6.42 Å². The number of fused-ring (bicyclic) bond motifs is 1. The van der Waals surface area contributed by atoms with Crippen molar-refractivity contribution >= 4 is 5.65 Å². The average molecular weight is 293 g/mol. The molecule has 0 spiro atoms. The first kappa shape index (κ1) is 14.8. The number of aromatic nitrogens is 2. The highest BCUT2D eigenvalue weighted by molar-refractivity contribution is 5.69. The van der Waals surface area contributed by atoms with Gasteiger partial charge in [0.05, 0.1) is 11.4 Å². The molecule has 3 aromatic rings. The number of hydrogen-bond donors (Lipinski definition) is 1. The van der Waals surface area contributed by atoms with E-state index in [2.05, 4.69) is 67.8 Å². The van der Waals surface area contributed by atoms with E-state index in [1.165, 1.54) is 16.8 Å². The molecule has 0 amide bonds. The SMILES string of the molecule is CCc1ccc(-c2nc3c(C)cccn3c2C(C)CN)cc1. The second kappa shape index (κ2) is 5.93. The highest BCUT2D eigenvalue weighted by Crippen LogP contribution is 2.30. The molecule has 3 heteroatoms. The minimum absolute atomic E-state index is 0.262. The summed E-state index contributed by atoms with van der Waals surface area (Å²) in [5.74, 6) is 0.262. The van der Waals surface area contributed by atoms with E-state index >= 15 is 0 Å². The standard InChI is InChI=1S/C19H23N3/c1-4-15-7-9-16(10-8-15)17-18(14(3)12-20)22-11-5-6-13(2)19(22)21-17/h5-11,14H,4,12,20H2,1-3H3. The summed E-state index contributed by atoms with van der Waals surface area (Å²) >= 11 is 0. The minimum Gasteiger partial charge on any atom is -0.330 e. The van der Waals surface area contributed by atoms with Crippen molar-refractivity contribution in [1.29, 1.82) is 0 Å². The third-order valence-corrected chi connectivity index (χ3v) is 4.34. The van der Waals surface area contributed by atoms with Gasteiger partial charge in [-0.1, -0.05) is 44.2 Å². The van der Waals surface area contributed by atoms with Crippen LogP contribution in [-0.4, -0.2) is 15.9 Å². The van der Waals surface area contributed by atoms with Gasteiger partial charge >= 0.3 is 0 Å². The Balaban J connectivity index is 2.24. The maximum atomic E-state index is 5.94. The van der Waals surface area contributed by atoms with E-state index in [0.29, 0.717) is 6.54 Å². The lowest BCUT2D eigenvalue weighted by atomic mass is 10.0. The summed E-state index contributed by atoms with van der Waals surface area (Å²) < 4.78 is 2.19. The molecular weight excluding hydrogens is 270 g/mol. The first-order chi connectivity index (χ1) is 10.7. The third kappa shape index (κ3) is 2.42. The second-order valence-electron chi connectivity index (χ2n) is 5.92. The van der Waals surface area contributed by atoms with Gasteiger partial charge in [-0.25, -0.2) is 4.98 Å². The molecule has 2 heterocycles. The summed E-state index contributed by atoms with van der Waals surface area (Å²) in [4.78, 5) is 4.91. The van der Waals surface area contributed by atoms with Gasteiger partial charge in [-0.2, -0.15) is 0 Å². The van der Waals surface area contributed by atoms with Gasteiger partial charge in [0.1, 0.15) is 5.65 Å². The monoisotopic (exact) mass is 293 g/mol. The van der Waals surface area contributed by atoms with Gasteiger partial charge in [0.15, 0.2) is 0 Å². The van der Waals surface area contributed by atoms with Gasteiger partial charge in [-0.15, -0.1) is 0 Å². The van der Waals surface area contributed by atoms with E-state index in [9.17, 15) is 0 Å². The summed E-state index contributed by atoms with van der Waals surface area (Å²) in [6.45, 7) is 7.05. The van der Waals surface area contributed by atoms with Crippen LogP contribution in [0.15, 0.2) is 42.6 Å². The quantitative estimate of drug-likeness (QED) is 0.792. The van der Waals surface area contributed by atoms with Crippen molar-refractivity contribution in [3.63, 3.8) is 0 Å². The molecule has 114 valence electrons. The molecule has 0 fully saturated rings. The molecule has 1 atom stereocenters. The lowest BCUT2D eigenvalue weighted by molar-refractivity contribution is 0.738. The number of benzene rings is 1. The van der Waals surface area contributed by atoms with Crippen molar-refractivity contribution in [3.05, 3.63) is 59.4 Å². The highest BCUT2D eigenvalue weighted by Gasteiger charge is 2.19. The Morgan fingerprint density at radius 1 is 1.18 bits per heavy atom. The van der Waals surface area contributed by atoms with Gasteiger partial charge < -0.3 is 10.1 Å². The summed E-state index contributed by atoms with van der Waals surface area (Å²) in [5, 5.41) is 0. The molecule has 0 aliphatic rings. The second-order valence-corrected chi connectivity index (χ2v) is 5.92. The Bertz CT molecular complexity index is 784. The largest absolute Gasteiger partial charge is 0.330 e. The lowest BCUT2D eigenvalue weighted by Crippen LogP contribution is -2.12. The van der Waals surface area contributed by atoms with Crippen molar-refractivity contribution in [3.8, 4) is 11.3 Å². The maximum Gasteiger partial charge on any atom is 0.140 e. The van der Waals surface area contributed by atoms with Gasteiger partial charge in [-0.05, 0) is 30.5 Å². The molecule has 0 bridgehead atoms. The smallest absolute Gasteiger partial charge is 0.140 e. The summed E-state index contributed by atoms with van der Waals surface area (Å²) in [6, 6.07) is 12.9. The molecule has 0 saturated carbocycles. The molecule has 2 aromatic heterocycles. The van der Waals surface area contributed by atoms with Gasteiger partial charge in [0.25, 0.3) is 0 Å². The fraction of sp³-hybridized carbons (Fsp3) is 0.316. The molecule has 0 aliphatic heterocycles. The van der Waals surface area contributed by atoms with E-state index in [1.807, 2.05) is 0 Å². The number of nitrogens with zero attached hydrogens (tertiary/aromatic N) is 2. The number of hydrogen-bond acceptors (Lipinski definition) is 2. The normalized spacial score (nSPS) is 12.7. The van der Waals surface area contributed by atoms with Crippen molar-refractivity contribution < 1.29 is 0 Å². The fourth-order valence-electron chi connectivity index (χ4n) is 2.92. The van der Waals surface area contributed by atoms with E-state index in [-0.39, 0.29) is 5.92 Å². The van der Waals surface area contributed by atoms with Crippen LogP contribution in [0.1, 0.15) is 36.6 Å². The molecule has 22 heavy (non-hydrogen) atoms. The number of pyridine rings is 1. The number of nitrogens with two attached hydrogens (primary N) is 1. The minimum atomic E-state index is 0.262. The van der Waals surface area contributed by atoms with Gasteiger partial charge in [0, 0.05) is 24.2 Å². The Morgan fingerprint density at radius 3 is 2.55 bits per heavy atom. The van der Waals surface area contributed by atoms with Crippen molar-refractivity contribution in [2.75, 3.05) is 6.54 Å². The van der Waals surface area contributed by atoms with Crippen LogP contribution in [0.2, 0.25) is 0 Å². The lowest BCUT2D eigenvalue weighted by Gasteiger charge is -2.12. The highest BCUT2D eigenvalue weighted by atomic mass is 15.0. The predicted molar refractivity (Wildman–Crippen MR) is 92.2 cm³/mol. The average Bonchev–Trinajstić information content (AvgIpc) is 2.95. The summed E-state index contributed by atoms with van der Waals surface area (Å²) in [5.41, 5.74) is 12.9. The van der Waals surface area contributed by atoms with Gasteiger partial charge in [-0.3, -0.25) is 0 Å². The predicted octanol–water partition coefficient (Wildman–Crippen LogP) is 3.93. The van der Waals surface area contributed by atoms with Crippen LogP contribution in [0.5, 0.6) is 0 Å². The molecule has 1 unspecified atom stereocenters. The van der Waals surface area contributed by atoms with Crippen LogP contribution in [0.25, 0.3) is 16.9 Å². The van der Waals surface area contributed by atoms with E-state index < -0.39 is 0 Å². The fourth-order valence-corrected chi connectivity index (χ4v) is 2.92. The molecule has 1 aromatic carbocycles. The topological polar surface area (TPSA) is 43.3 Å². The van der Waals surface area contributed by atoms with E-state index in [4.69, 9.17) is 10.7 Å². The van der Waals surface area contributed by atoms with Crippen LogP contribution in [0.4, 0.5) is 0 Å². The van der Waals surface area contributed by atoms with Crippen molar-refractivity contribution in [2.45, 2.75) is 33.1 Å². The molecule has 0 aliphatic carbocycles. The molecule has 2 N–H and O–H groups in total. The Kier molecular flexibility index (Phi) is 3.99. The molecule has 0 radical (unpaired) electrons. The molecule has 0 saturated heterocycles. The Labute approximate surface area is 131 Å². The zero-order valence-corrected chi connectivity index (χ0v) is 13.5. The van der Waals surface area contributed by atoms with Crippen LogP contribution >= 0.6 is 0 Å². The number of imidazole rings is 1. The third-order valence-electron chi connectivity index (χ3n) is 4.34. The van der Waals surface area contributed by atoms with Crippen LogP contribution in [0, 0.1) is 6.92 Å². The first-order valence-electron chi connectivity index (χ1n) is 7.92. The first-order valence-corrected chi connectivity index (χ1v) is 7.92. The summed E-state index contributed by atoms with van der Waals surface area (Å²) in [7, 11) is 0. The zero-order chi connectivity index (χ0) is 15.7. The maximum absolute atomic E-state index is 5.94. The van der Waals surface area contributed by atoms with Crippen molar-refractivity contribution in [1.82, 2.24) is 9.38 Å². The Morgan fingerprint density at radius 2 is 1.91 bits per heavy atom. The molecule has 3 nitrogen and oxygen atoms in total. The van der Waals surface area contributed by atoms with E-state index in [0.717, 1.165) is 23.3 Å². The number of aryl methyl sites for hydroxylation is 2. The van der Waals surface area contributed by atoms with Gasteiger partial charge in [0.2, 0.25) is 0 Å². The van der Waals surface area contributed by atoms with Crippen LogP contribution < -0.4 is 5.73 Å². The van der Waals surface area contributed by atoms with Crippen LogP contribution in [0.3, 0.4) is 0 Å². The van der Waals surface area contributed by atoms with Crippen molar-refractivity contribution in [2.24, 2.45) is 5.73 Å². The molecular formula is C19H23N3. The number of rotatable bonds is 4. The molecule has 3 rings (SSSR count).